The average molecular weight is 428 g/mol. The van der Waals surface area contributed by atoms with E-state index in [4.69, 9.17) is 16.3 Å². The highest BCUT2D eigenvalue weighted by molar-refractivity contribution is 6.31. The number of nitrogens with one attached hydrogen (secondary N) is 2. The van der Waals surface area contributed by atoms with E-state index in [0.717, 1.165) is 0 Å². The summed E-state index contributed by atoms with van der Waals surface area (Å²) in [6.07, 6.45) is 2.88. The normalized spacial score (nSPS) is 10.4. The molecule has 0 bridgehead atoms. The van der Waals surface area contributed by atoms with Crippen LogP contribution in [0.4, 0.5) is 17.3 Å². The predicted octanol–water partition coefficient (Wildman–Crippen LogP) is 4.03. The summed E-state index contributed by atoms with van der Waals surface area (Å²) in [5.41, 5.74) is 2.06. The second kappa shape index (κ2) is 9.19. The molecule has 0 saturated carbocycles. The van der Waals surface area contributed by atoms with E-state index in [2.05, 4.69) is 20.6 Å². The average Bonchev–Trinajstić information content (AvgIpc) is 2.74. The van der Waals surface area contributed by atoms with Gasteiger partial charge in [-0.25, -0.2) is 9.97 Å². The minimum Gasteiger partial charge on any atom is -0.486 e. The van der Waals surface area contributed by atoms with Gasteiger partial charge in [0.1, 0.15) is 12.3 Å². The Labute approximate surface area is 177 Å². The van der Waals surface area contributed by atoms with Crippen LogP contribution in [0.5, 0.6) is 5.75 Å². The van der Waals surface area contributed by atoms with Crippen LogP contribution in [0.25, 0.3) is 0 Å². The third-order valence-electron chi connectivity index (χ3n) is 4.24. The Bertz CT molecular complexity index is 1090. The summed E-state index contributed by atoms with van der Waals surface area (Å²) >= 11 is 6.17. The molecule has 0 unspecified atom stereocenters. The van der Waals surface area contributed by atoms with Crippen LogP contribution in [0.1, 0.15) is 21.5 Å². The van der Waals surface area contributed by atoms with E-state index in [1.54, 1.807) is 44.3 Å². The molecule has 2 aromatic carbocycles. The van der Waals surface area contributed by atoms with Gasteiger partial charge in [0.15, 0.2) is 5.75 Å². The van der Waals surface area contributed by atoms with Crippen molar-refractivity contribution in [2.24, 2.45) is 0 Å². The zero-order chi connectivity index (χ0) is 21.7. The summed E-state index contributed by atoms with van der Waals surface area (Å²) in [5.74, 6) is 0.345. The van der Waals surface area contributed by atoms with Gasteiger partial charge in [-0.15, -0.1) is 0 Å². The standard InChI is InChI=1S/C20H18ClN5O4/c1-12-4-3-5-17(26(28)29)18(12)25-20-23-9-15(10-24-20)30-11-14-8-13(19(27)22-2)6-7-16(14)21/h3-10H,11H2,1-2H3,(H,22,27)(H,23,24,25). The minimum absolute atomic E-state index is 0.0652. The SMILES string of the molecule is CNC(=O)c1ccc(Cl)c(COc2cnc(Nc3c(C)cccc3[N+](=O)[O-])nc2)c1. The topological polar surface area (TPSA) is 119 Å². The van der Waals surface area contributed by atoms with Crippen LogP contribution in [0.2, 0.25) is 5.02 Å². The van der Waals surface area contributed by atoms with Crippen molar-refractivity contribution in [1.29, 1.82) is 0 Å². The molecule has 154 valence electrons. The Balaban J connectivity index is 1.71. The number of anilines is 2. The number of benzene rings is 2. The molecule has 0 aliphatic rings. The van der Waals surface area contributed by atoms with E-state index in [1.807, 2.05) is 0 Å². The molecule has 0 saturated heterocycles. The van der Waals surface area contributed by atoms with Crippen LogP contribution >= 0.6 is 11.6 Å². The fourth-order valence-electron chi connectivity index (χ4n) is 2.67. The lowest BCUT2D eigenvalue weighted by Gasteiger charge is -2.11. The van der Waals surface area contributed by atoms with Crippen molar-refractivity contribution in [2.45, 2.75) is 13.5 Å². The number of hydrogen-bond donors (Lipinski definition) is 2. The number of ether oxygens (including phenoxy) is 1. The molecule has 3 aromatic rings. The molecule has 2 N–H and O–H groups in total. The fourth-order valence-corrected chi connectivity index (χ4v) is 2.84. The second-order valence-corrected chi connectivity index (χ2v) is 6.67. The Morgan fingerprint density at radius 1 is 1.23 bits per heavy atom. The molecule has 0 fully saturated rings. The highest BCUT2D eigenvalue weighted by atomic mass is 35.5. The zero-order valence-electron chi connectivity index (χ0n) is 16.2. The summed E-state index contributed by atoms with van der Waals surface area (Å²) in [5, 5.41) is 17.1. The first kappa shape index (κ1) is 21.0. The number of rotatable bonds is 7. The second-order valence-electron chi connectivity index (χ2n) is 6.27. The van der Waals surface area contributed by atoms with Crippen molar-refractivity contribution in [1.82, 2.24) is 15.3 Å². The van der Waals surface area contributed by atoms with Gasteiger partial charge in [0.05, 0.1) is 17.3 Å². The number of nitro benzene ring substituents is 1. The van der Waals surface area contributed by atoms with E-state index < -0.39 is 4.92 Å². The number of carbonyl (C=O) groups excluding carboxylic acids is 1. The smallest absolute Gasteiger partial charge is 0.293 e. The van der Waals surface area contributed by atoms with Crippen molar-refractivity contribution < 1.29 is 14.5 Å². The Morgan fingerprint density at radius 2 is 1.97 bits per heavy atom. The zero-order valence-corrected chi connectivity index (χ0v) is 16.9. The molecule has 1 aromatic heterocycles. The van der Waals surface area contributed by atoms with Gasteiger partial charge < -0.3 is 15.4 Å². The molecule has 9 nitrogen and oxygen atoms in total. The Hall–Kier alpha value is -3.72. The fraction of sp³-hybridized carbons (Fsp3) is 0.150. The van der Waals surface area contributed by atoms with Crippen LogP contribution < -0.4 is 15.4 Å². The van der Waals surface area contributed by atoms with Gasteiger partial charge in [-0.05, 0) is 30.7 Å². The first-order chi connectivity index (χ1) is 14.4. The molecule has 0 atom stereocenters. The Kier molecular flexibility index (Phi) is 6.43. The van der Waals surface area contributed by atoms with Crippen LogP contribution in [-0.4, -0.2) is 27.8 Å². The maximum atomic E-state index is 11.8. The van der Waals surface area contributed by atoms with Crippen LogP contribution in [0.15, 0.2) is 48.8 Å². The lowest BCUT2D eigenvalue weighted by Crippen LogP contribution is -2.18. The first-order valence-corrected chi connectivity index (χ1v) is 9.23. The highest BCUT2D eigenvalue weighted by Crippen LogP contribution is 2.29. The van der Waals surface area contributed by atoms with E-state index in [0.29, 0.717) is 33.1 Å². The molecule has 1 amide bonds. The molecule has 0 aliphatic carbocycles. The number of nitrogens with zero attached hydrogens (tertiary/aromatic N) is 3. The van der Waals surface area contributed by atoms with Crippen molar-refractivity contribution in [2.75, 3.05) is 12.4 Å². The number of aromatic nitrogens is 2. The third-order valence-corrected chi connectivity index (χ3v) is 4.61. The molecule has 0 aliphatic heterocycles. The summed E-state index contributed by atoms with van der Waals surface area (Å²) in [4.78, 5) is 30.8. The van der Waals surface area contributed by atoms with Gasteiger partial charge in [-0.2, -0.15) is 0 Å². The molecule has 0 spiro atoms. The molecular formula is C20H18ClN5O4. The minimum atomic E-state index is -0.469. The molecule has 3 rings (SSSR count). The van der Waals surface area contributed by atoms with Crippen molar-refractivity contribution in [3.05, 3.63) is 80.6 Å². The molecule has 30 heavy (non-hydrogen) atoms. The van der Waals surface area contributed by atoms with E-state index in [-0.39, 0.29) is 24.1 Å². The van der Waals surface area contributed by atoms with Crippen LogP contribution in [0.3, 0.4) is 0 Å². The number of halogens is 1. The number of hydrogen-bond acceptors (Lipinski definition) is 7. The van der Waals surface area contributed by atoms with E-state index in [9.17, 15) is 14.9 Å². The monoisotopic (exact) mass is 427 g/mol. The van der Waals surface area contributed by atoms with Crippen molar-refractivity contribution in [3.63, 3.8) is 0 Å². The van der Waals surface area contributed by atoms with Gasteiger partial charge in [-0.3, -0.25) is 14.9 Å². The van der Waals surface area contributed by atoms with Gasteiger partial charge in [0.25, 0.3) is 11.6 Å². The summed E-state index contributed by atoms with van der Waals surface area (Å²) in [7, 11) is 1.55. The van der Waals surface area contributed by atoms with Gasteiger partial charge in [0.2, 0.25) is 5.95 Å². The number of nitro groups is 1. The lowest BCUT2D eigenvalue weighted by molar-refractivity contribution is -0.384. The molecule has 0 radical (unpaired) electrons. The number of carbonyl (C=O) groups is 1. The number of para-hydroxylation sites is 1. The predicted molar refractivity (Wildman–Crippen MR) is 112 cm³/mol. The largest absolute Gasteiger partial charge is 0.486 e. The molecule has 10 heteroatoms. The van der Waals surface area contributed by atoms with Gasteiger partial charge in [-0.1, -0.05) is 23.7 Å². The highest BCUT2D eigenvalue weighted by Gasteiger charge is 2.16. The summed E-state index contributed by atoms with van der Waals surface area (Å²) < 4.78 is 5.65. The van der Waals surface area contributed by atoms with Crippen molar-refractivity contribution >= 4 is 34.8 Å². The molecular weight excluding hydrogens is 410 g/mol. The van der Waals surface area contributed by atoms with Gasteiger partial charge in [0, 0.05) is 29.3 Å². The summed E-state index contributed by atoms with van der Waals surface area (Å²) in [6, 6.07) is 9.67. The maximum Gasteiger partial charge on any atom is 0.293 e. The van der Waals surface area contributed by atoms with Crippen LogP contribution in [-0.2, 0) is 6.61 Å². The maximum absolute atomic E-state index is 11.8. The first-order valence-electron chi connectivity index (χ1n) is 8.85. The van der Waals surface area contributed by atoms with E-state index in [1.165, 1.54) is 18.5 Å². The number of aryl methyl sites for hydroxylation is 1. The number of amides is 1. The van der Waals surface area contributed by atoms with Crippen LogP contribution in [0, 0.1) is 17.0 Å². The summed E-state index contributed by atoms with van der Waals surface area (Å²) in [6.45, 7) is 1.87. The lowest BCUT2D eigenvalue weighted by atomic mass is 10.1. The van der Waals surface area contributed by atoms with Crippen molar-refractivity contribution in [3.8, 4) is 5.75 Å². The Morgan fingerprint density at radius 3 is 2.63 bits per heavy atom. The quantitative estimate of drug-likeness (QED) is 0.431. The molecule has 1 heterocycles. The third kappa shape index (κ3) is 4.81. The van der Waals surface area contributed by atoms with Gasteiger partial charge >= 0.3 is 0 Å². The van der Waals surface area contributed by atoms with E-state index >= 15 is 0 Å².